The van der Waals surface area contributed by atoms with Gasteiger partial charge in [0.15, 0.2) is 5.82 Å². The van der Waals surface area contributed by atoms with Gasteiger partial charge in [-0.1, -0.05) is 11.6 Å². The first kappa shape index (κ1) is 14.1. The Morgan fingerprint density at radius 3 is 2.42 bits per heavy atom. The smallest absolute Gasteiger partial charge is 0.296 e. The molecule has 0 aliphatic rings. The van der Waals surface area contributed by atoms with Gasteiger partial charge in [-0.3, -0.25) is 0 Å². The van der Waals surface area contributed by atoms with Crippen LogP contribution in [0.3, 0.4) is 0 Å². The van der Waals surface area contributed by atoms with Crippen molar-refractivity contribution in [3.63, 3.8) is 0 Å². The van der Waals surface area contributed by atoms with Gasteiger partial charge in [0.05, 0.1) is 0 Å². The summed E-state index contributed by atoms with van der Waals surface area (Å²) in [7, 11) is 2.79. The third-order valence-corrected chi connectivity index (χ3v) is 3.78. The van der Waals surface area contributed by atoms with Gasteiger partial charge in [-0.2, -0.15) is 0 Å². The van der Waals surface area contributed by atoms with Crippen LogP contribution in [0.15, 0.2) is 29.4 Å². The molecular weight excluding hydrogens is 313 g/mol. The number of nitrogens with zero attached hydrogens (tertiary/aromatic N) is 3. The minimum atomic E-state index is -3.91. The molecule has 9 heteroatoms. The molecule has 0 bridgehead atoms. The van der Waals surface area contributed by atoms with Crippen molar-refractivity contribution in [2.45, 2.75) is 11.8 Å². The summed E-state index contributed by atoms with van der Waals surface area (Å²) < 4.78 is 29.0. The molecule has 1 aromatic carbocycles. The molecule has 2 rings (SSSR count). The second-order valence-electron chi connectivity index (χ2n) is 3.64. The van der Waals surface area contributed by atoms with E-state index >= 15 is 0 Å². The summed E-state index contributed by atoms with van der Waals surface area (Å²) in [4.78, 5) is 0. The monoisotopic (exact) mass is 321 g/mol. The van der Waals surface area contributed by atoms with Crippen molar-refractivity contribution in [3.05, 3.63) is 35.1 Å². The normalized spacial score (nSPS) is 11.5. The van der Waals surface area contributed by atoms with Crippen LogP contribution in [0.25, 0.3) is 0 Å². The quantitative estimate of drug-likeness (QED) is 0.805. The lowest BCUT2D eigenvalue weighted by Gasteiger charge is -2.05. The van der Waals surface area contributed by atoms with Crippen LogP contribution in [0.2, 0.25) is 5.02 Å². The minimum absolute atomic E-state index is 0.0670. The molecule has 1 heterocycles. The lowest BCUT2D eigenvalue weighted by molar-refractivity contribution is 0.290. The van der Waals surface area contributed by atoms with Crippen LogP contribution in [-0.4, -0.2) is 23.2 Å². The standard InChI is InChI=1S/C10H9Cl2N3O3S/c1-15-9(13-14-10(15)19(12,16)17)6-18-8-4-2-7(11)3-5-8/h2-5H,6H2,1H3. The summed E-state index contributed by atoms with van der Waals surface area (Å²) in [6.45, 7) is 0.0670. The van der Waals surface area contributed by atoms with Gasteiger partial charge in [0.1, 0.15) is 12.4 Å². The fourth-order valence-corrected chi connectivity index (χ4v) is 2.46. The van der Waals surface area contributed by atoms with Crippen LogP contribution < -0.4 is 4.74 Å². The molecule has 6 nitrogen and oxygen atoms in total. The zero-order chi connectivity index (χ0) is 14.0. The average molecular weight is 322 g/mol. The van der Waals surface area contributed by atoms with Crippen molar-refractivity contribution >= 4 is 31.3 Å². The van der Waals surface area contributed by atoms with E-state index in [0.29, 0.717) is 16.6 Å². The molecule has 1 aromatic heterocycles. The molecule has 0 amide bonds. The van der Waals surface area contributed by atoms with E-state index in [2.05, 4.69) is 10.2 Å². The molecule has 0 aliphatic heterocycles. The van der Waals surface area contributed by atoms with Gasteiger partial charge in [-0.15, -0.1) is 10.2 Å². The van der Waals surface area contributed by atoms with E-state index in [0.717, 1.165) is 0 Å². The minimum Gasteiger partial charge on any atom is -0.486 e. The SMILES string of the molecule is Cn1c(COc2ccc(Cl)cc2)nnc1S(=O)(=O)Cl. The van der Waals surface area contributed by atoms with Crippen molar-refractivity contribution in [1.29, 1.82) is 0 Å². The molecule has 0 saturated carbocycles. The molecule has 0 radical (unpaired) electrons. The van der Waals surface area contributed by atoms with E-state index in [1.807, 2.05) is 0 Å². The molecule has 0 unspecified atom stereocenters. The summed E-state index contributed by atoms with van der Waals surface area (Å²) in [5, 5.41) is 7.50. The molecule has 0 fully saturated rings. The highest BCUT2D eigenvalue weighted by atomic mass is 35.7. The molecule has 102 valence electrons. The molecule has 0 N–H and O–H groups in total. The van der Waals surface area contributed by atoms with E-state index in [9.17, 15) is 8.42 Å². The molecule has 0 aliphatic carbocycles. The second kappa shape index (κ2) is 5.36. The zero-order valence-electron chi connectivity index (χ0n) is 9.75. The van der Waals surface area contributed by atoms with Crippen LogP contribution in [-0.2, 0) is 22.7 Å². The predicted octanol–water partition coefficient (Wildman–Crippen LogP) is 1.97. The van der Waals surface area contributed by atoms with Gasteiger partial charge < -0.3 is 9.30 Å². The van der Waals surface area contributed by atoms with Crippen molar-refractivity contribution in [1.82, 2.24) is 14.8 Å². The first-order valence-electron chi connectivity index (χ1n) is 5.09. The maximum Gasteiger partial charge on any atom is 0.296 e. The Hall–Kier alpha value is -1.31. The number of benzene rings is 1. The van der Waals surface area contributed by atoms with Crippen molar-refractivity contribution < 1.29 is 13.2 Å². The fraction of sp³-hybridized carbons (Fsp3) is 0.200. The Morgan fingerprint density at radius 2 is 1.89 bits per heavy atom. The molecule has 0 atom stereocenters. The van der Waals surface area contributed by atoms with E-state index in [1.54, 1.807) is 24.3 Å². The van der Waals surface area contributed by atoms with Crippen molar-refractivity contribution in [2.24, 2.45) is 7.05 Å². The van der Waals surface area contributed by atoms with Gasteiger partial charge in [0.25, 0.3) is 14.2 Å². The summed E-state index contributed by atoms with van der Waals surface area (Å²) in [6, 6.07) is 6.75. The predicted molar refractivity (Wildman–Crippen MR) is 69.8 cm³/mol. The molecule has 0 saturated heterocycles. The van der Waals surface area contributed by atoms with Crippen LogP contribution in [0.1, 0.15) is 5.82 Å². The summed E-state index contributed by atoms with van der Waals surface area (Å²) >= 11 is 5.74. The first-order chi connectivity index (χ1) is 8.88. The topological polar surface area (TPSA) is 74.1 Å². The van der Waals surface area contributed by atoms with Gasteiger partial charge in [0.2, 0.25) is 0 Å². The maximum atomic E-state index is 11.2. The van der Waals surface area contributed by atoms with Gasteiger partial charge in [-0.05, 0) is 24.3 Å². The Kier molecular flexibility index (Phi) is 3.98. The zero-order valence-corrected chi connectivity index (χ0v) is 12.1. The van der Waals surface area contributed by atoms with Gasteiger partial charge in [-0.25, -0.2) is 8.42 Å². The lowest BCUT2D eigenvalue weighted by atomic mass is 10.3. The Bertz CT molecular complexity index is 683. The number of hydrogen-bond acceptors (Lipinski definition) is 5. The highest BCUT2D eigenvalue weighted by Gasteiger charge is 2.20. The maximum absolute atomic E-state index is 11.2. The number of rotatable bonds is 4. The van der Waals surface area contributed by atoms with Gasteiger partial charge in [0, 0.05) is 22.8 Å². The Balaban J connectivity index is 2.13. The molecule has 2 aromatic rings. The Morgan fingerprint density at radius 1 is 1.26 bits per heavy atom. The molecule has 19 heavy (non-hydrogen) atoms. The molecular formula is C10H9Cl2N3O3S. The van der Waals surface area contributed by atoms with Gasteiger partial charge >= 0.3 is 0 Å². The van der Waals surface area contributed by atoms with E-state index in [4.69, 9.17) is 27.0 Å². The lowest BCUT2D eigenvalue weighted by Crippen LogP contribution is -2.07. The highest BCUT2D eigenvalue weighted by molar-refractivity contribution is 8.13. The van der Waals surface area contributed by atoms with E-state index in [1.165, 1.54) is 11.6 Å². The van der Waals surface area contributed by atoms with Crippen molar-refractivity contribution in [3.8, 4) is 5.75 Å². The van der Waals surface area contributed by atoms with Crippen LogP contribution in [0.4, 0.5) is 0 Å². The van der Waals surface area contributed by atoms with E-state index in [-0.39, 0.29) is 11.8 Å². The average Bonchev–Trinajstić information content (AvgIpc) is 2.70. The number of aromatic nitrogens is 3. The number of halogens is 2. The number of ether oxygens (including phenoxy) is 1. The second-order valence-corrected chi connectivity index (χ2v) is 6.53. The molecule has 0 spiro atoms. The van der Waals surface area contributed by atoms with Crippen LogP contribution in [0, 0.1) is 0 Å². The van der Waals surface area contributed by atoms with Crippen LogP contribution in [0.5, 0.6) is 5.75 Å². The summed E-state index contributed by atoms with van der Waals surface area (Å²) in [6.07, 6.45) is 0. The third-order valence-electron chi connectivity index (χ3n) is 2.32. The Labute approximate surface area is 119 Å². The highest BCUT2D eigenvalue weighted by Crippen LogP contribution is 2.17. The third kappa shape index (κ3) is 3.37. The first-order valence-corrected chi connectivity index (χ1v) is 7.78. The fourth-order valence-electron chi connectivity index (χ4n) is 1.36. The largest absolute Gasteiger partial charge is 0.486 e. The van der Waals surface area contributed by atoms with E-state index < -0.39 is 9.05 Å². The van der Waals surface area contributed by atoms with Crippen molar-refractivity contribution in [2.75, 3.05) is 0 Å². The number of hydrogen-bond donors (Lipinski definition) is 0. The summed E-state index contributed by atoms with van der Waals surface area (Å²) in [5.74, 6) is 0.928. The van der Waals surface area contributed by atoms with Crippen LogP contribution >= 0.6 is 22.3 Å². The summed E-state index contributed by atoms with van der Waals surface area (Å²) in [5.41, 5.74) is 0.